The van der Waals surface area contributed by atoms with Crippen molar-refractivity contribution in [1.29, 1.82) is 0 Å². The van der Waals surface area contributed by atoms with Crippen molar-refractivity contribution in [3.05, 3.63) is 11.4 Å². The molecule has 118 valence electrons. The predicted molar refractivity (Wildman–Crippen MR) is 87.0 cm³/mol. The van der Waals surface area contributed by atoms with Crippen LogP contribution in [-0.2, 0) is 11.2 Å². The maximum absolute atomic E-state index is 5.62. The van der Waals surface area contributed by atoms with Crippen molar-refractivity contribution in [3.63, 3.8) is 0 Å². The van der Waals surface area contributed by atoms with E-state index in [1.165, 1.54) is 0 Å². The Morgan fingerprint density at radius 3 is 2.67 bits per heavy atom. The Kier molecular flexibility index (Phi) is 5.79. The highest BCUT2D eigenvalue weighted by atomic mass is 16.5. The zero-order valence-corrected chi connectivity index (χ0v) is 13.7. The lowest BCUT2D eigenvalue weighted by atomic mass is 10.0. The maximum Gasteiger partial charge on any atom is 0.134 e. The Balaban J connectivity index is 2.19. The molecule has 0 bridgehead atoms. The summed E-state index contributed by atoms with van der Waals surface area (Å²) < 4.78 is 5.62. The van der Waals surface area contributed by atoms with Crippen LogP contribution >= 0.6 is 0 Å². The molecular formula is C16H28N4O. The molecule has 0 amide bonds. The normalized spacial score (nSPS) is 22.1. The van der Waals surface area contributed by atoms with Gasteiger partial charge in [-0.25, -0.2) is 9.97 Å². The summed E-state index contributed by atoms with van der Waals surface area (Å²) >= 11 is 0. The van der Waals surface area contributed by atoms with Crippen molar-refractivity contribution >= 4 is 11.6 Å². The van der Waals surface area contributed by atoms with Crippen molar-refractivity contribution in [3.8, 4) is 0 Å². The molecule has 1 aromatic rings. The summed E-state index contributed by atoms with van der Waals surface area (Å²) in [5.74, 6) is 2.85. The van der Waals surface area contributed by atoms with Crippen molar-refractivity contribution in [2.75, 3.05) is 23.8 Å². The van der Waals surface area contributed by atoms with Crippen molar-refractivity contribution in [2.24, 2.45) is 0 Å². The molecule has 2 atom stereocenters. The minimum atomic E-state index is 0.321. The highest BCUT2D eigenvalue weighted by molar-refractivity contribution is 5.57. The standard InChI is InChI=1S/C16H28N4O/c1-5-7-14-19-15(17-6-2)12(4)16(20-14)18-13-8-9-21-11(3)10-13/h11,13H,5-10H2,1-4H3,(H2,17,18,19,20). The van der Waals surface area contributed by atoms with Crippen LogP contribution in [0.3, 0.4) is 0 Å². The smallest absolute Gasteiger partial charge is 0.134 e. The molecule has 1 aliphatic rings. The second-order valence-electron chi connectivity index (χ2n) is 5.79. The molecule has 0 radical (unpaired) electrons. The van der Waals surface area contributed by atoms with Gasteiger partial charge in [0.1, 0.15) is 17.5 Å². The molecule has 0 saturated carbocycles. The quantitative estimate of drug-likeness (QED) is 0.843. The molecule has 5 nitrogen and oxygen atoms in total. The van der Waals surface area contributed by atoms with E-state index in [9.17, 15) is 0 Å². The topological polar surface area (TPSA) is 59.1 Å². The first-order chi connectivity index (χ1) is 10.1. The zero-order valence-electron chi connectivity index (χ0n) is 13.7. The van der Waals surface area contributed by atoms with Gasteiger partial charge in [-0.2, -0.15) is 0 Å². The van der Waals surface area contributed by atoms with E-state index in [-0.39, 0.29) is 0 Å². The fourth-order valence-corrected chi connectivity index (χ4v) is 2.70. The van der Waals surface area contributed by atoms with E-state index < -0.39 is 0 Å². The van der Waals surface area contributed by atoms with Gasteiger partial charge in [0.2, 0.25) is 0 Å². The van der Waals surface area contributed by atoms with E-state index >= 15 is 0 Å². The van der Waals surface area contributed by atoms with E-state index in [1.807, 2.05) is 0 Å². The van der Waals surface area contributed by atoms with Gasteiger partial charge in [0, 0.05) is 31.2 Å². The van der Waals surface area contributed by atoms with Gasteiger partial charge < -0.3 is 15.4 Å². The Morgan fingerprint density at radius 1 is 1.24 bits per heavy atom. The van der Waals surface area contributed by atoms with Crippen LogP contribution in [0.5, 0.6) is 0 Å². The van der Waals surface area contributed by atoms with E-state index in [4.69, 9.17) is 9.72 Å². The minimum Gasteiger partial charge on any atom is -0.378 e. The lowest BCUT2D eigenvalue weighted by molar-refractivity contribution is 0.0231. The van der Waals surface area contributed by atoms with Crippen molar-refractivity contribution < 1.29 is 4.74 Å². The number of aromatic nitrogens is 2. The van der Waals surface area contributed by atoms with Gasteiger partial charge in [-0.05, 0) is 40.0 Å². The third-order valence-electron chi connectivity index (χ3n) is 3.84. The first-order valence-corrected chi connectivity index (χ1v) is 8.13. The van der Waals surface area contributed by atoms with Gasteiger partial charge in [-0.1, -0.05) is 6.92 Å². The summed E-state index contributed by atoms with van der Waals surface area (Å²) in [6.07, 6.45) is 4.36. The van der Waals surface area contributed by atoms with Gasteiger partial charge in [0.15, 0.2) is 0 Å². The first-order valence-electron chi connectivity index (χ1n) is 8.13. The second kappa shape index (κ2) is 7.59. The summed E-state index contributed by atoms with van der Waals surface area (Å²) in [4.78, 5) is 9.35. The van der Waals surface area contributed by atoms with Gasteiger partial charge in [-0.15, -0.1) is 0 Å². The number of ether oxygens (including phenoxy) is 1. The van der Waals surface area contributed by atoms with Crippen LogP contribution in [0.2, 0.25) is 0 Å². The number of rotatable bonds is 6. The van der Waals surface area contributed by atoms with Crippen LogP contribution in [0.25, 0.3) is 0 Å². The molecule has 5 heteroatoms. The molecule has 0 spiro atoms. The fraction of sp³-hybridized carbons (Fsp3) is 0.750. The molecular weight excluding hydrogens is 264 g/mol. The molecule has 1 fully saturated rings. The average molecular weight is 292 g/mol. The molecule has 2 heterocycles. The lowest BCUT2D eigenvalue weighted by Crippen LogP contribution is -2.33. The molecule has 0 aliphatic carbocycles. The Hall–Kier alpha value is -1.36. The fourth-order valence-electron chi connectivity index (χ4n) is 2.70. The molecule has 2 N–H and O–H groups in total. The molecule has 21 heavy (non-hydrogen) atoms. The van der Waals surface area contributed by atoms with Crippen molar-refractivity contribution in [1.82, 2.24) is 9.97 Å². The summed E-state index contributed by atoms with van der Waals surface area (Å²) in [5, 5.41) is 6.95. The van der Waals surface area contributed by atoms with E-state index in [0.29, 0.717) is 12.1 Å². The summed E-state index contributed by atoms with van der Waals surface area (Å²) in [5.41, 5.74) is 1.11. The highest BCUT2D eigenvalue weighted by Gasteiger charge is 2.21. The summed E-state index contributed by atoms with van der Waals surface area (Å²) in [6.45, 7) is 10.2. The van der Waals surface area contributed by atoms with E-state index in [1.54, 1.807) is 0 Å². The van der Waals surface area contributed by atoms with Crippen molar-refractivity contribution in [2.45, 2.75) is 65.5 Å². The summed E-state index contributed by atoms with van der Waals surface area (Å²) in [7, 11) is 0. The first kappa shape index (κ1) is 16.0. The van der Waals surface area contributed by atoms with E-state index in [0.717, 1.165) is 61.9 Å². The number of nitrogens with one attached hydrogen (secondary N) is 2. The third-order valence-corrected chi connectivity index (χ3v) is 3.84. The van der Waals surface area contributed by atoms with Crippen LogP contribution in [0.15, 0.2) is 0 Å². The zero-order chi connectivity index (χ0) is 15.2. The second-order valence-corrected chi connectivity index (χ2v) is 5.79. The predicted octanol–water partition coefficient (Wildman–Crippen LogP) is 3.15. The number of hydrogen-bond donors (Lipinski definition) is 2. The maximum atomic E-state index is 5.62. The number of anilines is 2. The van der Waals surface area contributed by atoms with Crippen LogP contribution in [0.4, 0.5) is 11.6 Å². The Bertz CT molecular complexity index is 464. The largest absolute Gasteiger partial charge is 0.378 e. The van der Waals surface area contributed by atoms with Crippen LogP contribution in [0.1, 0.15) is 51.4 Å². The van der Waals surface area contributed by atoms with E-state index in [2.05, 4.69) is 43.3 Å². The number of nitrogens with zero attached hydrogens (tertiary/aromatic N) is 2. The molecule has 1 aliphatic heterocycles. The molecule has 1 saturated heterocycles. The number of aryl methyl sites for hydroxylation is 1. The highest BCUT2D eigenvalue weighted by Crippen LogP contribution is 2.24. The number of hydrogen-bond acceptors (Lipinski definition) is 5. The average Bonchev–Trinajstić information content (AvgIpc) is 2.44. The minimum absolute atomic E-state index is 0.321. The monoisotopic (exact) mass is 292 g/mol. The van der Waals surface area contributed by atoms with Gasteiger partial charge in [-0.3, -0.25) is 0 Å². The molecule has 0 aromatic carbocycles. The van der Waals surface area contributed by atoms with Gasteiger partial charge in [0.05, 0.1) is 6.10 Å². The Morgan fingerprint density at radius 2 is 2.00 bits per heavy atom. The Labute approximate surface area is 127 Å². The molecule has 2 unspecified atom stereocenters. The van der Waals surface area contributed by atoms with Crippen LogP contribution < -0.4 is 10.6 Å². The van der Waals surface area contributed by atoms with Gasteiger partial charge in [0.25, 0.3) is 0 Å². The summed E-state index contributed by atoms with van der Waals surface area (Å²) in [6, 6.07) is 0.436. The SMILES string of the molecule is CCCc1nc(NCC)c(C)c(NC2CCOC(C)C2)n1. The molecule has 2 rings (SSSR count). The molecule has 1 aromatic heterocycles. The third kappa shape index (κ3) is 4.30. The van der Waals surface area contributed by atoms with Crippen LogP contribution in [-0.4, -0.2) is 35.3 Å². The van der Waals surface area contributed by atoms with Crippen LogP contribution in [0, 0.1) is 6.92 Å². The lowest BCUT2D eigenvalue weighted by Gasteiger charge is -2.29. The van der Waals surface area contributed by atoms with Gasteiger partial charge >= 0.3 is 0 Å².